The predicted molar refractivity (Wildman–Crippen MR) is 83.5 cm³/mol. The van der Waals surface area contributed by atoms with Crippen LogP contribution in [0.15, 0.2) is 24.3 Å². The van der Waals surface area contributed by atoms with E-state index in [1.807, 2.05) is 12.1 Å². The Kier molecular flexibility index (Phi) is 5.01. The van der Waals surface area contributed by atoms with Crippen LogP contribution in [-0.4, -0.2) is 30.9 Å². The van der Waals surface area contributed by atoms with Gasteiger partial charge in [-0.3, -0.25) is 4.79 Å². The van der Waals surface area contributed by atoms with Crippen molar-refractivity contribution in [1.82, 2.24) is 4.90 Å². The Bertz CT molecular complexity index is 444. The molecule has 1 aromatic rings. The lowest BCUT2D eigenvalue weighted by molar-refractivity contribution is -0.116. The van der Waals surface area contributed by atoms with E-state index in [-0.39, 0.29) is 5.91 Å². The van der Waals surface area contributed by atoms with Gasteiger partial charge in [-0.25, -0.2) is 0 Å². The molecule has 0 heterocycles. The summed E-state index contributed by atoms with van der Waals surface area (Å²) in [6.45, 7) is 4.46. The van der Waals surface area contributed by atoms with Gasteiger partial charge in [0, 0.05) is 24.3 Å². The minimum Gasteiger partial charge on any atom is -0.399 e. The quantitative estimate of drug-likeness (QED) is 0.752. The fraction of sp³-hybridized carbons (Fsp3) is 0.562. The molecule has 110 valence electrons. The Hall–Kier alpha value is -1.55. The van der Waals surface area contributed by atoms with Crippen LogP contribution in [0.3, 0.4) is 0 Å². The van der Waals surface area contributed by atoms with Crippen LogP contribution in [0.5, 0.6) is 0 Å². The number of nitrogens with zero attached hydrogens (tertiary/aromatic N) is 1. The van der Waals surface area contributed by atoms with E-state index in [1.54, 1.807) is 12.1 Å². The van der Waals surface area contributed by atoms with E-state index in [0.29, 0.717) is 12.1 Å². The maximum absolute atomic E-state index is 11.8. The third-order valence-corrected chi connectivity index (χ3v) is 3.96. The maximum atomic E-state index is 11.8. The van der Waals surface area contributed by atoms with E-state index >= 15 is 0 Å². The molecule has 20 heavy (non-hydrogen) atoms. The second-order valence-electron chi connectivity index (χ2n) is 6.01. The molecule has 4 nitrogen and oxygen atoms in total. The Morgan fingerprint density at radius 1 is 1.40 bits per heavy atom. The van der Waals surface area contributed by atoms with Gasteiger partial charge in [0.05, 0.1) is 0 Å². The number of nitrogens with one attached hydrogen (secondary N) is 1. The zero-order valence-corrected chi connectivity index (χ0v) is 12.4. The average Bonchev–Trinajstić information content (AvgIpc) is 3.07. The molecule has 0 bridgehead atoms. The summed E-state index contributed by atoms with van der Waals surface area (Å²) in [4.78, 5) is 14.1. The molecule has 1 amide bonds. The highest BCUT2D eigenvalue weighted by atomic mass is 16.1. The van der Waals surface area contributed by atoms with Crippen LogP contribution in [0.1, 0.15) is 26.2 Å². The van der Waals surface area contributed by atoms with Gasteiger partial charge in [-0.05, 0) is 62.5 Å². The SMILES string of the molecule is CC1CC1CN(C)CCCC(=O)Nc1ccc(N)cc1. The third-order valence-electron chi connectivity index (χ3n) is 3.96. The summed E-state index contributed by atoms with van der Waals surface area (Å²) in [5.41, 5.74) is 7.12. The van der Waals surface area contributed by atoms with Crippen LogP contribution in [0.25, 0.3) is 0 Å². The molecule has 0 radical (unpaired) electrons. The van der Waals surface area contributed by atoms with E-state index in [0.717, 1.165) is 30.5 Å². The number of benzene rings is 1. The predicted octanol–water partition coefficient (Wildman–Crippen LogP) is 2.58. The zero-order valence-electron chi connectivity index (χ0n) is 12.4. The number of hydrogen-bond donors (Lipinski definition) is 2. The molecule has 4 heteroatoms. The second kappa shape index (κ2) is 6.75. The Balaban J connectivity index is 1.61. The fourth-order valence-corrected chi connectivity index (χ4v) is 2.44. The van der Waals surface area contributed by atoms with Gasteiger partial charge in [-0.2, -0.15) is 0 Å². The molecule has 0 spiro atoms. The molecule has 0 aromatic heterocycles. The van der Waals surface area contributed by atoms with E-state index < -0.39 is 0 Å². The standard InChI is InChI=1S/C16H25N3O/c1-12-10-13(12)11-19(2)9-3-4-16(20)18-15-7-5-14(17)6-8-15/h5-8,12-13H,3-4,9-11,17H2,1-2H3,(H,18,20). The van der Waals surface area contributed by atoms with E-state index in [4.69, 9.17) is 5.73 Å². The largest absolute Gasteiger partial charge is 0.399 e. The first-order chi connectivity index (χ1) is 9.54. The summed E-state index contributed by atoms with van der Waals surface area (Å²) in [6, 6.07) is 7.24. The first kappa shape index (κ1) is 14.9. The average molecular weight is 275 g/mol. The summed E-state index contributed by atoms with van der Waals surface area (Å²) in [7, 11) is 2.14. The molecule has 1 saturated carbocycles. The van der Waals surface area contributed by atoms with Crippen molar-refractivity contribution in [1.29, 1.82) is 0 Å². The van der Waals surface area contributed by atoms with E-state index in [9.17, 15) is 4.79 Å². The molecule has 1 aromatic carbocycles. The molecule has 3 N–H and O–H groups in total. The number of hydrogen-bond acceptors (Lipinski definition) is 3. The van der Waals surface area contributed by atoms with Crippen LogP contribution in [0.2, 0.25) is 0 Å². The molecule has 2 unspecified atom stereocenters. The van der Waals surface area contributed by atoms with Crippen molar-refractivity contribution >= 4 is 17.3 Å². The summed E-state index contributed by atoms with van der Waals surface area (Å²) >= 11 is 0. The molecule has 1 fully saturated rings. The summed E-state index contributed by atoms with van der Waals surface area (Å²) in [5, 5.41) is 2.89. The van der Waals surface area contributed by atoms with Crippen molar-refractivity contribution in [3.8, 4) is 0 Å². The highest BCUT2D eigenvalue weighted by molar-refractivity contribution is 5.90. The van der Waals surface area contributed by atoms with Crippen molar-refractivity contribution in [3.63, 3.8) is 0 Å². The summed E-state index contributed by atoms with van der Waals surface area (Å²) in [6.07, 6.45) is 2.83. The lowest BCUT2D eigenvalue weighted by atomic mass is 10.2. The third kappa shape index (κ3) is 4.85. The van der Waals surface area contributed by atoms with Gasteiger partial charge in [-0.15, -0.1) is 0 Å². The van der Waals surface area contributed by atoms with E-state index in [2.05, 4.69) is 24.2 Å². The Morgan fingerprint density at radius 2 is 2.05 bits per heavy atom. The van der Waals surface area contributed by atoms with Crippen LogP contribution >= 0.6 is 0 Å². The minimum absolute atomic E-state index is 0.0722. The number of amides is 1. The fourth-order valence-electron chi connectivity index (χ4n) is 2.44. The Morgan fingerprint density at radius 3 is 2.65 bits per heavy atom. The van der Waals surface area contributed by atoms with Gasteiger partial charge in [0.2, 0.25) is 5.91 Å². The smallest absolute Gasteiger partial charge is 0.224 e. The monoisotopic (exact) mass is 275 g/mol. The van der Waals surface area contributed by atoms with Gasteiger partial charge in [0.25, 0.3) is 0 Å². The van der Waals surface area contributed by atoms with Crippen molar-refractivity contribution < 1.29 is 4.79 Å². The second-order valence-corrected chi connectivity index (χ2v) is 6.01. The molecule has 2 rings (SSSR count). The molecule has 0 saturated heterocycles. The zero-order chi connectivity index (χ0) is 14.5. The van der Waals surface area contributed by atoms with Crippen molar-refractivity contribution in [2.75, 3.05) is 31.2 Å². The number of rotatable bonds is 7. The van der Waals surface area contributed by atoms with E-state index in [1.165, 1.54) is 13.0 Å². The van der Waals surface area contributed by atoms with Crippen LogP contribution < -0.4 is 11.1 Å². The lowest BCUT2D eigenvalue weighted by Gasteiger charge is -2.16. The van der Waals surface area contributed by atoms with Gasteiger partial charge in [0.15, 0.2) is 0 Å². The number of nitrogen functional groups attached to an aromatic ring is 1. The molecular weight excluding hydrogens is 250 g/mol. The van der Waals surface area contributed by atoms with Gasteiger partial charge in [0.1, 0.15) is 0 Å². The summed E-state index contributed by atoms with van der Waals surface area (Å²) < 4.78 is 0. The highest BCUT2D eigenvalue weighted by Gasteiger charge is 2.32. The molecule has 1 aliphatic rings. The van der Waals surface area contributed by atoms with Crippen molar-refractivity contribution in [2.45, 2.75) is 26.2 Å². The van der Waals surface area contributed by atoms with Gasteiger partial charge < -0.3 is 16.0 Å². The number of nitrogens with two attached hydrogens (primary N) is 1. The molecule has 2 atom stereocenters. The van der Waals surface area contributed by atoms with Crippen molar-refractivity contribution in [2.24, 2.45) is 11.8 Å². The topological polar surface area (TPSA) is 58.4 Å². The number of carbonyl (C=O) groups is 1. The molecule has 0 aliphatic heterocycles. The first-order valence-electron chi connectivity index (χ1n) is 7.38. The Labute approximate surface area is 121 Å². The van der Waals surface area contributed by atoms with Gasteiger partial charge in [-0.1, -0.05) is 6.92 Å². The number of carbonyl (C=O) groups excluding carboxylic acids is 1. The van der Waals surface area contributed by atoms with Crippen LogP contribution in [0, 0.1) is 11.8 Å². The molecule has 1 aliphatic carbocycles. The van der Waals surface area contributed by atoms with Gasteiger partial charge >= 0.3 is 0 Å². The maximum Gasteiger partial charge on any atom is 0.224 e. The normalized spacial score (nSPS) is 20.9. The molecular formula is C16H25N3O. The minimum atomic E-state index is 0.0722. The van der Waals surface area contributed by atoms with Crippen LogP contribution in [0.4, 0.5) is 11.4 Å². The first-order valence-corrected chi connectivity index (χ1v) is 7.38. The highest BCUT2D eigenvalue weighted by Crippen LogP contribution is 2.37. The lowest BCUT2D eigenvalue weighted by Crippen LogP contribution is -2.24. The summed E-state index contributed by atoms with van der Waals surface area (Å²) in [5.74, 6) is 1.85. The van der Waals surface area contributed by atoms with Crippen molar-refractivity contribution in [3.05, 3.63) is 24.3 Å². The number of anilines is 2. The van der Waals surface area contributed by atoms with Crippen LogP contribution in [-0.2, 0) is 4.79 Å².